The van der Waals surface area contributed by atoms with E-state index < -0.39 is 0 Å². The third kappa shape index (κ3) is 1.78. The van der Waals surface area contributed by atoms with Crippen LogP contribution >= 0.6 is 0 Å². The molecule has 3 nitrogen and oxygen atoms in total. The molecule has 14 heavy (non-hydrogen) atoms. The monoisotopic (exact) mass is 198 g/mol. The van der Waals surface area contributed by atoms with Gasteiger partial charge < -0.3 is 9.47 Å². The lowest BCUT2D eigenvalue weighted by atomic mass is 9.86. The minimum Gasteiger partial charge on any atom is -0.464 e. The summed E-state index contributed by atoms with van der Waals surface area (Å²) in [6.45, 7) is 2.52. The molecular weight excluding hydrogens is 180 g/mol. The number of rotatable bonds is 3. The van der Waals surface area contributed by atoms with Gasteiger partial charge >= 0.3 is 5.97 Å². The van der Waals surface area contributed by atoms with Crippen LogP contribution in [0, 0.1) is 0 Å². The zero-order chi connectivity index (χ0) is 10.0. The smallest absolute Gasteiger partial charge is 0.338 e. The predicted octanol–water partition coefficient (Wildman–Crippen LogP) is 2.04. The van der Waals surface area contributed by atoms with Crippen molar-refractivity contribution < 1.29 is 14.3 Å². The fourth-order valence-electron chi connectivity index (χ4n) is 2.27. The van der Waals surface area contributed by atoms with Crippen LogP contribution in [-0.2, 0) is 14.3 Å². The molecule has 1 aliphatic carbocycles. The van der Waals surface area contributed by atoms with Crippen LogP contribution in [0.5, 0.6) is 0 Å². The van der Waals surface area contributed by atoms with Gasteiger partial charge in [0.05, 0.1) is 6.61 Å². The van der Waals surface area contributed by atoms with Crippen LogP contribution in [-0.4, -0.2) is 24.3 Å². The average Bonchev–Trinajstić information content (AvgIpc) is 2.90. The third-order valence-electron chi connectivity index (χ3n) is 3.14. The van der Waals surface area contributed by atoms with Crippen molar-refractivity contribution >= 4 is 5.97 Å². The van der Waals surface area contributed by atoms with Crippen molar-refractivity contribution in [3.05, 3.63) is 0 Å². The van der Waals surface area contributed by atoms with Gasteiger partial charge in [0.1, 0.15) is 5.60 Å². The summed E-state index contributed by atoms with van der Waals surface area (Å²) >= 11 is 0. The number of ether oxygens (including phenoxy) is 2. The van der Waals surface area contributed by atoms with E-state index in [9.17, 15) is 4.79 Å². The lowest BCUT2D eigenvalue weighted by molar-refractivity contribution is -0.145. The summed E-state index contributed by atoms with van der Waals surface area (Å²) in [6.07, 6.45) is 6.38. The van der Waals surface area contributed by atoms with E-state index >= 15 is 0 Å². The second-order valence-corrected chi connectivity index (χ2v) is 4.29. The highest BCUT2D eigenvalue weighted by Crippen LogP contribution is 2.48. The zero-order valence-corrected chi connectivity index (χ0v) is 8.75. The molecule has 1 spiro atoms. The molecular formula is C11H18O3. The van der Waals surface area contributed by atoms with Crippen LogP contribution < -0.4 is 0 Å². The fraction of sp³-hybridized carbons (Fsp3) is 0.909. The lowest BCUT2D eigenvalue weighted by Gasteiger charge is -2.17. The minimum absolute atomic E-state index is 0.108. The van der Waals surface area contributed by atoms with Gasteiger partial charge in [-0.25, -0.2) is 4.79 Å². The Morgan fingerprint density at radius 2 is 2.14 bits per heavy atom. The molecule has 1 aliphatic heterocycles. The van der Waals surface area contributed by atoms with Crippen LogP contribution in [0.15, 0.2) is 0 Å². The summed E-state index contributed by atoms with van der Waals surface area (Å²) in [4.78, 5) is 11.5. The largest absolute Gasteiger partial charge is 0.464 e. The normalized spacial score (nSPS) is 28.8. The summed E-state index contributed by atoms with van der Waals surface area (Å²) in [5.41, 5.74) is -0.108. The Kier molecular flexibility index (Phi) is 2.77. The quantitative estimate of drug-likeness (QED) is 0.514. The minimum atomic E-state index is -0.241. The number of hydrogen-bond donors (Lipinski definition) is 0. The molecule has 80 valence electrons. The van der Waals surface area contributed by atoms with Gasteiger partial charge in [0.2, 0.25) is 0 Å². The van der Waals surface area contributed by atoms with Crippen LogP contribution in [0.4, 0.5) is 0 Å². The fourth-order valence-corrected chi connectivity index (χ4v) is 2.27. The molecule has 2 fully saturated rings. The molecule has 0 amide bonds. The van der Waals surface area contributed by atoms with Gasteiger partial charge in [-0.15, -0.1) is 0 Å². The van der Waals surface area contributed by atoms with Gasteiger partial charge in [-0.2, -0.15) is 0 Å². The van der Waals surface area contributed by atoms with Gasteiger partial charge in [0.15, 0.2) is 6.10 Å². The third-order valence-corrected chi connectivity index (χ3v) is 3.14. The van der Waals surface area contributed by atoms with Gasteiger partial charge in [-0.3, -0.25) is 0 Å². The van der Waals surface area contributed by atoms with E-state index in [1.54, 1.807) is 0 Å². The number of hydrogen-bond acceptors (Lipinski definition) is 3. The maximum atomic E-state index is 11.5. The Hall–Kier alpha value is -0.570. The van der Waals surface area contributed by atoms with Crippen molar-refractivity contribution in [3.8, 4) is 0 Å². The van der Waals surface area contributed by atoms with Crippen molar-refractivity contribution in [2.75, 3.05) is 6.61 Å². The van der Waals surface area contributed by atoms with Crippen molar-refractivity contribution in [2.45, 2.75) is 57.2 Å². The summed E-state index contributed by atoms with van der Waals surface area (Å²) < 4.78 is 10.6. The maximum absolute atomic E-state index is 11.5. The van der Waals surface area contributed by atoms with E-state index in [0.717, 1.165) is 19.3 Å². The molecule has 0 N–H and O–H groups in total. The molecule has 2 rings (SSSR count). The Bertz CT molecular complexity index is 219. The molecule has 1 saturated heterocycles. The first-order chi connectivity index (χ1) is 6.78. The van der Waals surface area contributed by atoms with Crippen LogP contribution in [0.25, 0.3) is 0 Å². The van der Waals surface area contributed by atoms with Gasteiger partial charge in [-0.05, 0) is 19.3 Å². The van der Waals surface area contributed by atoms with Crippen LogP contribution in [0.3, 0.4) is 0 Å². The number of carbonyl (C=O) groups is 1. The van der Waals surface area contributed by atoms with E-state index in [0.29, 0.717) is 6.61 Å². The van der Waals surface area contributed by atoms with Gasteiger partial charge in [0, 0.05) is 0 Å². The van der Waals surface area contributed by atoms with Crippen LogP contribution in [0.1, 0.15) is 45.4 Å². The summed E-state index contributed by atoms with van der Waals surface area (Å²) in [5.74, 6) is -0.145. The molecule has 1 atom stereocenters. The molecule has 0 aromatic rings. The SMILES string of the molecule is CCCOC(=O)[C@H]1OC12CCCCC2. The van der Waals surface area contributed by atoms with E-state index in [1.165, 1.54) is 19.3 Å². The summed E-state index contributed by atoms with van der Waals surface area (Å²) in [6, 6.07) is 0. The van der Waals surface area contributed by atoms with E-state index in [1.807, 2.05) is 6.92 Å². The molecule has 0 unspecified atom stereocenters. The highest BCUT2D eigenvalue weighted by atomic mass is 16.7. The molecule has 3 heteroatoms. The lowest BCUT2D eigenvalue weighted by Crippen LogP contribution is -2.25. The highest BCUT2D eigenvalue weighted by Gasteiger charge is 2.61. The molecule has 0 aromatic carbocycles. The van der Waals surface area contributed by atoms with Gasteiger partial charge in [0.25, 0.3) is 0 Å². The standard InChI is InChI=1S/C11H18O3/c1-2-8-13-10(12)9-11(14-9)6-4-3-5-7-11/h9H,2-8H2,1H3/t9-/m1/s1. The number of carbonyl (C=O) groups excluding carboxylic acids is 1. The molecule has 1 heterocycles. The second-order valence-electron chi connectivity index (χ2n) is 4.29. The Labute approximate surface area is 84.8 Å². The van der Waals surface area contributed by atoms with Crippen molar-refractivity contribution in [1.29, 1.82) is 0 Å². The van der Waals surface area contributed by atoms with E-state index in [4.69, 9.17) is 9.47 Å². The van der Waals surface area contributed by atoms with Crippen LogP contribution in [0.2, 0.25) is 0 Å². The molecule has 0 aromatic heterocycles. The highest BCUT2D eigenvalue weighted by molar-refractivity contribution is 5.79. The average molecular weight is 198 g/mol. The molecule has 2 aliphatic rings. The second kappa shape index (κ2) is 3.89. The zero-order valence-electron chi connectivity index (χ0n) is 8.75. The maximum Gasteiger partial charge on any atom is 0.338 e. The first-order valence-electron chi connectivity index (χ1n) is 5.63. The topological polar surface area (TPSA) is 38.8 Å². The molecule has 1 saturated carbocycles. The first kappa shape index (κ1) is 9.97. The molecule has 0 bridgehead atoms. The van der Waals surface area contributed by atoms with Crippen molar-refractivity contribution in [1.82, 2.24) is 0 Å². The van der Waals surface area contributed by atoms with Crippen molar-refractivity contribution in [2.24, 2.45) is 0 Å². The van der Waals surface area contributed by atoms with Gasteiger partial charge in [-0.1, -0.05) is 26.2 Å². The Morgan fingerprint density at radius 3 is 2.79 bits per heavy atom. The number of epoxide rings is 1. The Morgan fingerprint density at radius 1 is 1.43 bits per heavy atom. The van der Waals surface area contributed by atoms with E-state index in [-0.39, 0.29) is 17.7 Å². The summed E-state index contributed by atoms with van der Waals surface area (Å²) in [5, 5.41) is 0. The number of esters is 1. The van der Waals surface area contributed by atoms with E-state index in [2.05, 4.69) is 0 Å². The summed E-state index contributed by atoms with van der Waals surface area (Å²) in [7, 11) is 0. The first-order valence-corrected chi connectivity index (χ1v) is 5.63. The van der Waals surface area contributed by atoms with Crippen molar-refractivity contribution in [3.63, 3.8) is 0 Å². The Balaban J connectivity index is 1.81. The predicted molar refractivity (Wildman–Crippen MR) is 51.9 cm³/mol. The molecule has 0 radical (unpaired) electrons.